The molecular weight excluding hydrogens is 527 g/mol. The van der Waals surface area contributed by atoms with Gasteiger partial charge in [-0.05, 0) is 18.6 Å². The van der Waals surface area contributed by atoms with Crippen molar-refractivity contribution in [3.8, 4) is 5.75 Å². The second-order valence-electron chi connectivity index (χ2n) is 8.86. The summed E-state index contributed by atoms with van der Waals surface area (Å²) in [6, 6.07) is 18.9. The Morgan fingerprint density at radius 3 is 2.58 bits per heavy atom. The van der Waals surface area contributed by atoms with Crippen LogP contribution in [0.4, 0.5) is 0 Å². The van der Waals surface area contributed by atoms with Gasteiger partial charge >= 0.3 is 0 Å². The standard InChI is InChI=1S/C25H32N6O.HI/c1-18-29-30-23(31(18)4)16-26-24(27-17-25(2,3)19-10-6-5-7-11-19)28-21-14-15-32-22-13-9-8-12-20(21)22;/h5-13,21H,14-17H2,1-4H3,(H2,26,27,28);1H. The summed E-state index contributed by atoms with van der Waals surface area (Å²) in [7, 11) is 1.97. The smallest absolute Gasteiger partial charge is 0.192 e. The van der Waals surface area contributed by atoms with Crippen molar-refractivity contribution >= 4 is 29.9 Å². The van der Waals surface area contributed by atoms with E-state index in [1.54, 1.807) is 0 Å². The van der Waals surface area contributed by atoms with Crippen molar-refractivity contribution < 1.29 is 4.74 Å². The van der Waals surface area contributed by atoms with Gasteiger partial charge in [-0.3, -0.25) is 0 Å². The van der Waals surface area contributed by atoms with Crippen LogP contribution < -0.4 is 15.4 Å². The minimum absolute atomic E-state index is 0. The first-order valence-electron chi connectivity index (χ1n) is 11.1. The number of aliphatic imine (C=N–C) groups is 1. The van der Waals surface area contributed by atoms with E-state index in [-0.39, 0.29) is 35.4 Å². The van der Waals surface area contributed by atoms with Gasteiger partial charge < -0.3 is 19.9 Å². The summed E-state index contributed by atoms with van der Waals surface area (Å²) in [4.78, 5) is 4.86. The normalized spacial score (nSPS) is 15.8. The van der Waals surface area contributed by atoms with Gasteiger partial charge in [0.25, 0.3) is 0 Å². The third kappa shape index (κ3) is 6.04. The maximum Gasteiger partial charge on any atom is 0.192 e. The summed E-state index contributed by atoms with van der Waals surface area (Å²) in [6.45, 7) is 8.29. The van der Waals surface area contributed by atoms with Crippen LogP contribution in [0, 0.1) is 6.92 Å². The SMILES string of the molecule is Cc1nnc(CN=C(NCC(C)(C)c2ccccc2)NC2CCOc3ccccc32)n1C.I. The third-order valence-corrected chi connectivity index (χ3v) is 6.08. The number of guanidine groups is 1. The number of aryl methyl sites for hydroxylation is 1. The van der Waals surface area contributed by atoms with Crippen molar-refractivity contribution in [2.75, 3.05) is 13.2 Å². The van der Waals surface area contributed by atoms with Gasteiger partial charge in [-0.25, -0.2) is 4.99 Å². The monoisotopic (exact) mass is 560 g/mol. The Bertz CT molecular complexity index is 1080. The van der Waals surface area contributed by atoms with Crippen molar-refractivity contribution in [3.05, 3.63) is 77.4 Å². The molecule has 7 nitrogen and oxygen atoms in total. The summed E-state index contributed by atoms with van der Waals surface area (Å²) in [5.74, 6) is 3.40. The Kier molecular flexibility index (Phi) is 8.34. The van der Waals surface area contributed by atoms with E-state index in [1.165, 1.54) is 5.56 Å². The zero-order valence-corrected chi connectivity index (χ0v) is 22.0. The molecule has 33 heavy (non-hydrogen) atoms. The molecule has 2 N–H and O–H groups in total. The molecule has 8 heteroatoms. The number of rotatable bonds is 6. The highest BCUT2D eigenvalue weighted by molar-refractivity contribution is 14.0. The molecule has 0 saturated heterocycles. The second kappa shape index (κ2) is 11.0. The minimum Gasteiger partial charge on any atom is -0.493 e. The van der Waals surface area contributed by atoms with Gasteiger partial charge in [0.2, 0.25) is 0 Å². The fourth-order valence-corrected chi connectivity index (χ4v) is 3.84. The highest BCUT2D eigenvalue weighted by atomic mass is 127. The molecule has 0 fully saturated rings. The summed E-state index contributed by atoms with van der Waals surface area (Å²) in [6.07, 6.45) is 0.878. The van der Waals surface area contributed by atoms with E-state index < -0.39 is 0 Å². The first-order valence-corrected chi connectivity index (χ1v) is 11.1. The molecule has 1 atom stereocenters. The molecule has 3 aromatic rings. The predicted molar refractivity (Wildman–Crippen MR) is 142 cm³/mol. The van der Waals surface area contributed by atoms with Gasteiger partial charge in [0, 0.05) is 31.0 Å². The largest absolute Gasteiger partial charge is 0.493 e. The van der Waals surface area contributed by atoms with Crippen LogP contribution in [-0.4, -0.2) is 33.9 Å². The lowest BCUT2D eigenvalue weighted by Gasteiger charge is -2.30. The number of halogens is 1. The molecule has 1 aliphatic heterocycles. The lowest BCUT2D eigenvalue weighted by molar-refractivity contribution is 0.261. The van der Waals surface area contributed by atoms with Gasteiger partial charge in [-0.2, -0.15) is 0 Å². The van der Waals surface area contributed by atoms with Crippen molar-refractivity contribution in [1.29, 1.82) is 0 Å². The van der Waals surface area contributed by atoms with E-state index in [0.717, 1.165) is 41.9 Å². The van der Waals surface area contributed by atoms with E-state index in [0.29, 0.717) is 13.2 Å². The van der Waals surface area contributed by atoms with Crippen LogP contribution in [0.3, 0.4) is 0 Å². The van der Waals surface area contributed by atoms with E-state index in [4.69, 9.17) is 9.73 Å². The Balaban J connectivity index is 0.00000306. The van der Waals surface area contributed by atoms with Gasteiger partial charge in [0.1, 0.15) is 18.1 Å². The lowest BCUT2D eigenvalue weighted by Crippen LogP contribution is -2.45. The Morgan fingerprint density at radius 2 is 1.85 bits per heavy atom. The van der Waals surface area contributed by atoms with Gasteiger partial charge in [-0.1, -0.05) is 62.4 Å². The zero-order valence-electron chi connectivity index (χ0n) is 19.7. The molecule has 4 rings (SSSR count). The average molecular weight is 560 g/mol. The molecule has 2 aromatic carbocycles. The molecule has 0 radical (unpaired) electrons. The number of nitrogens with one attached hydrogen (secondary N) is 2. The molecule has 1 aromatic heterocycles. The van der Waals surface area contributed by atoms with Gasteiger partial charge in [0.05, 0.1) is 12.6 Å². The number of para-hydroxylation sites is 1. The average Bonchev–Trinajstić information content (AvgIpc) is 3.14. The highest BCUT2D eigenvalue weighted by Crippen LogP contribution is 2.31. The Morgan fingerprint density at radius 1 is 1.12 bits per heavy atom. The van der Waals surface area contributed by atoms with E-state index in [9.17, 15) is 0 Å². The van der Waals surface area contributed by atoms with Crippen LogP contribution in [0.25, 0.3) is 0 Å². The molecule has 2 heterocycles. The number of nitrogens with zero attached hydrogens (tertiary/aromatic N) is 4. The van der Waals surface area contributed by atoms with E-state index >= 15 is 0 Å². The van der Waals surface area contributed by atoms with Crippen molar-refractivity contribution in [2.24, 2.45) is 12.0 Å². The first-order chi connectivity index (χ1) is 15.4. The topological polar surface area (TPSA) is 76.4 Å². The Hall–Kier alpha value is -2.62. The van der Waals surface area contributed by atoms with E-state index in [2.05, 4.69) is 65.0 Å². The number of benzene rings is 2. The quantitative estimate of drug-likeness (QED) is 0.268. The van der Waals surface area contributed by atoms with Gasteiger partial charge in [0.15, 0.2) is 11.8 Å². The van der Waals surface area contributed by atoms with Gasteiger partial charge in [-0.15, -0.1) is 34.2 Å². The zero-order chi connectivity index (χ0) is 22.6. The minimum atomic E-state index is -0.0569. The van der Waals surface area contributed by atoms with Crippen molar-refractivity contribution in [2.45, 2.75) is 45.2 Å². The van der Waals surface area contributed by atoms with Crippen LogP contribution in [0.2, 0.25) is 0 Å². The number of fused-ring (bicyclic) bond motifs is 1. The molecule has 0 saturated carbocycles. The Labute approximate surface area is 213 Å². The molecule has 176 valence electrons. The third-order valence-electron chi connectivity index (χ3n) is 6.08. The molecule has 1 aliphatic rings. The summed E-state index contributed by atoms with van der Waals surface area (Å²) >= 11 is 0. The van der Waals surface area contributed by atoms with Crippen LogP contribution in [-0.2, 0) is 19.0 Å². The summed E-state index contributed by atoms with van der Waals surface area (Å²) in [5, 5.41) is 15.6. The molecular formula is C25H33IN6O. The highest BCUT2D eigenvalue weighted by Gasteiger charge is 2.24. The number of hydrogen-bond donors (Lipinski definition) is 2. The summed E-state index contributed by atoms with van der Waals surface area (Å²) in [5.41, 5.74) is 2.39. The van der Waals surface area contributed by atoms with Crippen LogP contribution >= 0.6 is 24.0 Å². The van der Waals surface area contributed by atoms with Crippen molar-refractivity contribution in [1.82, 2.24) is 25.4 Å². The molecule has 0 bridgehead atoms. The number of aromatic nitrogens is 3. The fourth-order valence-electron chi connectivity index (χ4n) is 3.84. The van der Waals surface area contributed by atoms with E-state index in [1.807, 2.05) is 42.8 Å². The molecule has 0 amide bonds. The maximum atomic E-state index is 5.83. The number of hydrogen-bond acceptors (Lipinski definition) is 4. The molecule has 1 unspecified atom stereocenters. The fraction of sp³-hybridized carbons (Fsp3) is 0.400. The molecule has 0 spiro atoms. The lowest BCUT2D eigenvalue weighted by atomic mass is 9.85. The first kappa shape index (κ1) is 25.0. The predicted octanol–water partition coefficient (Wildman–Crippen LogP) is 4.28. The maximum absolute atomic E-state index is 5.83. The summed E-state index contributed by atoms with van der Waals surface area (Å²) < 4.78 is 7.80. The van der Waals surface area contributed by atoms with Crippen LogP contribution in [0.5, 0.6) is 5.75 Å². The van der Waals surface area contributed by atoms with Crippen LogP contribution in [0.1, 0.15) is 49.1 Å². The molecule has 0 aliphatic carbocycles. The number of ether oxygens (including phenoxy) is 1. The second-order valence-corrected chi connectivity index (χ2v) is 8.86. The van der Waals surface area contributed by atoms with Crippen LogP contribution in [0.15, 0.2) is 59.6 Å². The van der Waals surface area contributed by atoms with Crippen molar-refractivity contribution in [3.63, 3.8) is 0 Å².